The molecule has 2 heteroatoms. The Morgan fingerprint density at radius 2 is 1.79 bits per heavy atom. The van der Waals surface area contributed by atoms with Crippen LogP contribution in [0.2, 0.25) is 0 Å². The molecular formula is C17H16OS. The minimum absolute atomic E-state index is 0.712. The average Bonchev–Trinajstić information content (AvgIpc) is 2.83. The van der Waals surface area contributed by atoms with Crippen LogP contribution in [0.1, 0.15) is 17.4 Å². The number of hydrogen-bond acceptors (Lipinski definition) is 2. The summed E-state index contributed by atoms with van der Waals surface area (Å²) < 4.78 is 7.04. The molecule has 0 unspecified atom stereocenters. The van der Waals surface area contributed by atoms with E-state index in [1.54, 1.807) is 0 Å². The Bertz CT molecular complexity index is 651. The summed E-state index contributed by atoms with van der Waals surface area (Å²) in [6.45, 7) is 2.74. The Balaban J connectivity index is 1.92. The highest BCUT2D eigenvalue weighted by Crippen LogP contribution is 2.29. The highest BCUT2D eigenvalue weighted by Gasteiger charge is 2.06. The third-order valence-electron chi connectivity index (χ3n) is 3.11. The van der Waals surface area contributed by atoms with E-state index in [2.05, 4.69) is 42.5 Å². The van der Waals surface area contributed by atoms with Crippen LogP contribution in [-0.2, 0) is 6.42 Å². The van der Waals surface area contributed by atoms with Gasteiger partial charge in [0.15, 0.2) is 0 Å². The second-order valence-electron chi connectivity index (χ2n) is 4.47. The van der Waals surface area contributed by atoms with Crippen LogP contribution < -0.4 is 4.74 Å². The fourth-order valence-electron chi connectivity index (χ4n) is 2.26. The number of hydrogen-bond donors (Lipinski definition) is 0. The molecule has 0 aliphatic heterocycles. The molecule has 96 valence electrons. The van der Waals surface area contributed by atoms with Gasteiger partial charge in [0.25, 0.3) is 0 Å². The Hall–Kier alpha value is -1.80. The molecule has 0 saturated carbocycles. The molecule has 0 bridgehead atoms. The maximum Gasteiger partial charge on any atom is 0.122 e. The quantitative estimate of drug-likeness (QED) is 0.654. The lowest BCUT2D eigenvalue weighted by Crippen LogP contribution is -1.96. The van der Waals surface area contributed by atoms with Gasteiger partial charge in [0.05, 0.1) is 6.61 Å². The molecule has 0 radical (unpaired) electrons. The topological polar surface area (TPSA) is 9.23 Å². The van der Waals surface area contributed by atoms with Crippen LogP contribution in [0, 0.1) is 0 Å². The van der Waals surface area contributed by atoms with Gasteiger partial charge in [-0.1, -0.05) is 36.4 Å². The summed E-state index contributed by atoms with van der Waals surface area (Å²) in [4.78, 5) is 1.38. The fourth-order valence-corrected chi connectivity index (χ4v) is 3.35. The molecule has 0 N–H and O–H groups in total. The summed E-state index contributed by atoms with van der Waals surface area (Å²) in [6, 6.07) is 19.1. The van der Waals surface area contributed by atoms with Gasteiger partial charge in [-0.2, -0.15) is 0 Å². The zero-order chi connectivity index (χ0) is 13.1. The molecule has 1 heterocycles. The van der Waals surface area contributed by atoms with E-state index >= 15 is 0 Å². The van der Waals surface area contributed by atoms with Crippen LogP contribution in [0.5, 0.6) is 5.75 Å². The van der Waals surface area contributed by atoms with E-state index in [1.165, 1.54) is 20.5 Å². The molecule has 0 fully saturated rings. The predicted octanol–water partition coefficient (Wildman–Crippen LogP) is 4.89. The molecule has 3 aromatic rings. The van der Waals surface area contributed by atoms with Crippen molar-refractivity contribution in [3.05, 3.63) is 65.0 Å². The van der Waals surface area contributed by atoms with Crippen molar-refractivity contribution in [3.63, 3.8) is 0 Å². The van der Waals surface area contributed by atoms with Crippen LogP contribution in [-0.4, -0.2) is 6.61 Å². The van der Waals surface area contributed by atoms with Crippen molar-refractivity contribution < 1.29 is 4.74 Å². The third-order valence-corrected chi connectivity index (χ3v) is 4.23. The summed E-state index contributed by atoms with van der Waals surface area (Å²) in [7, 11) is 0. The summed E-state index contributed by atoms with van der Waals surface area (Å²) in [5, 5.41) is 1.33. The van der Waals surface area contributed by atoms with Gasteiger partial charge in [-0.05, 0) is 36.1 Å². The molecule has 0 spiro atoms. The van der Waals surface area contributed by atoms with Crippen molar-refractivity contribution in [1.82, 2.24) is 0 Å². The number of thiophene rings is 1. The number of fused-ring (bicyclic) bond motifs is 1. The van der Waals surface area contributed by atoms with Crippen LogP contribution in [0.25, 0.3) is 10.1 Å². The molecule has 3 rings (SSSR count). The van der Waals surface area contributed by atoms with E-state index in [0.29, 0.717) is 6.61 Å². The molecular weight excluding hydrogens is 252 g/mol. The van der Waals surface area contributed by atoms with Crippen molar-refractivity contribution in [1.29, 1.82) is 0 Å². The minimum Gasteiger partial charge on any atom is -0.494 e. The van der Waals surface area contributed by atoms with E-state index in [1.807, 2.05) is 30.4 Å². The highest BCUT2D eigenvalue weighted by atomic mass is 32.1. The molecule has 19 heavy (non-hydrogen) atoms. The lowest BCUT2D eigenvalue weighted by Gasteiger charge is -2.08. The first-order chi connectivity index (χ1) is 9.36. The molecule has 0 aliphatic rings. The average molecular weight is 268 g/mol. The van der Waals surface area contributed by atoms with Crippen molar-refractivity contribution in [2.75, 3.05) is 6.61 Å². The first kappa shape index (κ1) is 12.2. The summed E-state index contributed by atoms with van der Waals surface area (Å²) >= 11 is 1.86. The number of rotatable bonds is 4. The Labute approximate surface area is 117 Å². The second kappa shape index (κ2) is 5.45. The van der Waals surface area contributed by atoms with Crippen LogP contribution in [0.3, 0.4) is 0 Å². The van der Waals surface area contributed by atoms with Gasteiger partial charge in [0.1, 0.15) is 5.75 Å². The second-order valence-corrected chi connectivity index (χ2v) is 5.64. The highest BCUT2D eigenvalue weighted by molar-refractivity contribution is 7.19. The van der Waals surface area contributed by atoms with Gasteiger partial charge in [0, 0.05) is 16.0 Å². The van der Waals surface area contributed by atoms with Gasteiger partial charge < -0.3 is 4.74 Å². The van der Waals surface area contributed by atoms with Gasteiger partial charge in [0.2, 0.25) is 0 Å². The predicted molar refractivity (Wildman–Crippen MR) is 82.2 cm³/mol. The first-order valence-electron chi connectivity index (χ1n) is 6.55. The lowest BCUT2D eigenvalue weighted by molar-refractivity contribution is 0.337. The third kappa shape index (κ3) is 2.64. The maximum absolute atomic E-state index is 5.69. The SMILES string of the molecule is CCOc1ccccc1Cc1cc2ccccc2s1. The largest absolute Gasteiger partial charge is 0.494 e. The van der Waals surface area contributed by atoms with Crippen LogP contribution >= 0.6 is 11.3 Å². The number of benzene rings is 2. The van der Waals surface area contributed by atoms with Gasteiger partial charge in [-0.15, -0.1) is 11.3 Å². The Morgan fingerprint density at radius 3 is 2.63 bits per heavy atom. The lowest BCUT2D eigenvalue weighted by atomic mass is 10.1. The summed E-state index contributed by atoms with van der Waals surface area (Å²) in [5.41, 5.74) is 1.26. The monoisotopic (exact) mass is 268 g/mol. The molecule has 2 aromatic carbocycles. The minimum atomic E-state index is 0.712. The van der Waals surface area contributed by atoms with Crippen molar-refractivity contribution in [2.24, 2.45) is 0 Å². The van der Waals surface area contributed by atoms with E-state index < -0.39 is 0 Å². The Kier molecular flexibility index (Phi) is 3.51. The van der Waals surface area contributed by atoms with Crippen molar-refractivity contribution >= 4 is 21.4 Å². The number of para-hydroxylation sites is 1. The summed E-state index contributed by atoms with van der Waals surface area (Å²) in [6.07, 6.45) is 0.940. The first-order valence-corrected chi connectivity index (χ1v) is 7.36. The van der Waals surface area contributed by atoms with Gasteiger partial charge >= 0.3 is 0 Å². The molecule has 0 aliphatic carbocycles. The Morgan fingerprint density at radius 1 is 1.00 bits per heavy atom. The van der Waals surface area contributed by atoms with Gasteiger partial charge in [-0.3, -0.25) is 0 Å². The molecule has 0 saturated heterocycles. The maximum atomic E-state index is 5.69. The smallest absolute Gasteiger partial charge is 0.122 e. The van der Waals surface area contributed by atoms with Crippen molar-refractivity contribution in [3.8, 4) is 5.75 Å². The van der Waals surface area contributed by atoms with Crippen molar-refractivity contribution in [2.45, 2.75) is 13.3 Å². The van der Waals surface area contributed by atoms with Gasteiger partial charge in [-0.25, -0.2) is 0 Å². The van der Waals surface area contributed by atoms with E-state index in [9.17, 15) is 0 Å². The normalized spacial score (nSPS) is 10.8. The number of ether oxygens (including phenoxy) is 1. The van der Waals surface area contributed by atoms with Crippen LogP contribution in [0.4, 0.5) is 0 Å². The zero-order valence-corrected chi connectivity index (χ0v) is 11.7. The molecule has 0 amide bonds. The zero-order valence-electron chi connectivity index (χ0n) is 10.9. The molecule has 1 aromatic heterocycles. The van der Waals surface area contributed by atoms with E-state index in [0.717, 1.165) is 12.2 Å². The molecule has 1 nitrogen and oxygen atoms in total. The van der Waals surface area contributed by atoms with E-state index in [4.69, 9.17) is 4.74 Å². The summed E-state index contributed by atoms with van der Waals surface area (Å²) in [5.74, 6) is 1.00. The fraction of sp³-hybridized carbons (Fsp3) is 0.176. The van der Waals surface area contributed by atoms with Crippen LogP contribution in [0.15, 0.2) is 54.6 Å². The van der Waals surface area contributed by atoms with E-state index in [-0.39, 0.29) is 0 Å². The standard InChI is InChI=1S/C17H16OS/c1-2-18-16-9-5-3-7-13(16)11-15-12-14-8-4-6-10-17(14)19-15/h3-10,12H,2,11H2,1H3. The molecule has 0 atom stereocenters.